The van der Waals surface area contributed by atoms with Gasteiger partial charge >= 0.3 is 6.09 Å². The van der Waals surface area contributed by atoms with E-state index >= 15 is 0 Å². The average molecular weight is 231 g/mol. The van der Waals surface area contributed by atoms with Crippen molar-refractivity contribution in [2.45, 2.75) is 12.5 Å². The first-order valence-corrected chi connectivity index (χ1v) is 3.75. The SMILES string of the molecule is CN(C)[C@@H]1CCN(C(=O)O)C1.Cl.Cl. The first kappa shape index (κ1) is 15.3. The van der Waals surface area contributed by atoms with Crippen LogP contribution < -0.4 is 0 Å². The van der Waals surface area contributed by atoms with E-state index in [-0.39, 0.29) is 24.8 Å². The van der Waals surface area contributed by atoms with Crippen LogP contribution in [-0.2, 0) is 0 Å². The minimum absolute atomic E-state index is 0. The summed E-state index contributed by atoms with van der Waals surface area (Å²) in [6.07, 6.45) is 0.161. The Bertz CT molecular complexity index is 167. The van der Waals surface area contributed by atoms with Gasteiger partial charge in [0.05, 0.1) is 0 Å². The Morgan fingerprint density at radius 1 is 1.46 bits per heavy atom. The molecule has 0 aromatic carbocycles. The van der Waals surface area contributed by atoms with E-state index in [0.717, 1.165) is 6.42 Å². The van der Waals surface area contributed by atoms with Gasteiger partial charge in [-0.25, -0.2) is 4.79 Å². The predicted molar refractivity (Wildman–Crippen MR) is 56.2 cm³/mol. The van der Waals surface area contributed by atoms with Gasteiger partial charge in [-0.3, -0.25) is 0 Å². The highest BCUT2D eigenvalue weighted by molar-refractivity contribution is 5.85. The van der Waals surface area contributed by atoms with E-state index in [2.05, 4.69) is 4.90 Å². The number of likely N-dealkylation sites (tertiary alicyclic amines) is 1. The maximum absolute atomic E-state index is 10.5. The molecule has 1 atom stereocenters. The van der Waals surface area contributed by atoms with E-state index in [9.17, 15) is 4.79 Å². The van der Waals surface area contributed by atoms with Crippen LogP contribution >= 0.6 is 24.8 Å². The molecule has 1 fully saturated rings. The zero-order chi connectivity index (χ0) is 8.43. The molecule has 0 aliphatic carbocycles. The number of carboxylic acid groups (broad SMARTS) is 1. The van der Waals surface area contributed by atoms with Crippen LogP contribution in [0.2, 0.25) is 0 Å². The lowest BCUT2D eigenvalue weighted by Crippen LogP contribution is -2.33. The average Bonchev–Trinajstić information content (AvgIpc) is 2.33. The van der Waals surface area contributed by atoms with Gasteiger partial charge in [-0.05, 0) is 20.5 Å². The van der Waals surface area contributed by atoms with E-state index in [1.54, 1.807) is 0 Å². The first-order valence-electron chi connectivity index (χ1n) is 3.75. The molecule has 1 N–H and O–H groups in total. The van der Waals surface area contributed by atoms with E-state index in [1.165, 1.54) is 4.90 Å². The molecular weight excluding hydrogens is 215 g/mol. The van der Waals surface area contributed by atoms with Gasteiger partial charge in [-0.1, -0.05) is 0 Å². The molecule has 1 aliphatic heterocycles. The number of hydrogen-bond acceptors (Lipinski definition) is 2. The fourth-order valence-electron chi connectivity index (χ4n) is 1.34. The summed E-state index contributed by atoms with van der Waals surface area (Å²) < 4.78 is 0. The number of halogens is 2. The molecule has 0 unspecified atom stereocenters. The second-order valence-electron chi connectivity index (χ2n) is 3.13. The molecular formula is C7H16Cl2N2O2. The van der Waals surface area contributed by atoms with Gasteiger partial charge in [-0.2, -0.15) is 0 Å². The number of hydrogen-bond donors (Lipinski definition) is 1. The number of likely N-dealkylation sites (N-methyl/N-ethyl adjacent to an activating group) is 1. The van der Waals surface area contributed by atoms with Crippen molar-refractivity contribution in [2.24, 2.45) is 0 Å². The molecule has 1 rings (SSSR count). The van der Waals surface area contributed by atoms with Crippen LogP contribution in [0.3, 0.4) is 0 Å². The molecule has 80 valence electrons. The van der Waals surface area contributed by atoms with Crippen molar-refractivity contribution in [1.29, 1.82) is 0 Å². The molecule has 1 saturated heterocycles. The second-order valence-corrected chi connectivity index (χ2v) is 3.13. The summed E-state index contributed by atoms with van der Waals surface area (Å²) in [5, 5.41) is 8.62. The van der Waals surface area contributed by atoms with Crippen molar-refractivity contribution in [2.75, 3.05) is 27.2 Å². The van der Waals surface area contributed by atoms with Crippen molar-refractivity contribution < 1.29 is 9.90 Å². The van der Waals surface area contributed by atoms with Crippen LogP contribution in [0.1, 0.15) is 6.42 Å². The van der Waals surface area contributed by atoms with Gasteiger partial charge in [-0.15, -0.1) is 24.8 Å². The number of rotatable bonds is 1. The van der Waals surface area contributed by atoms with Crippen LogP contribution in [0.5, 0.6) is 0 Å². The van der Waals surface area contributed by atoms with Crippen LogP contribution in [-0.4, -0.2) is 54.2 Å². The molecule has 4 nitrogen and oxygen atoms in total. The Kier molecular flexibility index (Phi) is 7.40. The third-order valence-electron chi connectivity index (χ3n) is 2.16. The fraction of sp³-hybridized carbons (Fsp3) is 0.857. The molecule has 0 saturated carbocycles. The molecule has 0 radical (unpaired) electrons. The molecule has 0 aromatic heterocycles. The number of nitrogens with zero attached hydrogens (tertiary/aromatic N) is 2. The summed E-state index contributed by atoms with van der Waals surface area (Å²) in [5.41, 5.74) is 0. The lowest BCUT2D eigenvalue weighted by atomic mass is 10.2. The van der Waals surface area contributed by atoms with Crippen molar-refractivity contribution in [3.8, 4) is 0 Å². The highest BCUT2D eigenvalue weighted by Gasteiger charge is 2.26. The normalized spacial score (nSPS) is 20.8. The summed E-state index contributed by atoms with van der Waals surface area (Å²) in [7, 11) is 3.96. The lowest BCUT2D eigenvalue weighted by molar-refractivity contribution is 0.152. The monoisotopic (exact) mass is 230 g/mol. The van der Waals surface area contributed by atoms with Gasteiger partial charge in [0.25, 0.3) is 0 Å². The van der Waals surface area contributed by atoms with Crippen molar-refractivity contribution in [3.05, 3.63) is 0 Å². The van der Waals surface area contributed by atoms with Gasteiger partial charge in [0.1, 0.15) is 0 Å². The molecule has 1 aliphatic rings. The van der Waals surface area contributed by atoms with Crippen molar-refractivity contribution >= 4 is 30.9 Å². The summed E-state index contributed by atoms with van der Waals surface area (Å²) in [4.78, 5) is 14.0. The maximum atomic E-state index is 10.5. The highest BCUT2D eigenvalue weighted by atomic mass is 35.5. The summed E-state index contributed by atoms with van der Waals surface area (Å²) in [6, 6.07) is 0.408. The Morgan fingerprint density at radius 2 is 2.00 bits per heavy atom. The van der Waals surface area contributed by atoms with Gasteiger partial charge in [0.15, 0.2) is 0 Å². The van der Waals surface area contributed by atoms with Crippen molar-refractivity contribution in [1.82, 2.24) is 9.80 Å². The minimum Gasteiger partial charge on any atom is -0.465 e. The molecule has 0 spiro atoms. The number of carbonyl (C=O) groups is 1. The third kappa shape index (κ3) is 4.02. The third-order valence-corrected chi connectivity index (χ3v) is 2.16. The standard InChI is InChI=1S/C7H14N2O2.2ClH/c1-8(2)6-3-4-9(5-6)7(10)11;;/h6H,3-5H2,1-2H3,(H,10,11);2*1H/t6-;;/m1../s1. The Balaban J connectivity index is 0. The number of amides is 1. The van der Waals surface area contributed by atoms with Crippen LogP contribution in [0.25, 0.3) is 0 Å². The van der Waals surface area contributed by atoms with Crippen molar-refractivity contribution in [3.63, 3.8) is 0 Å². The topological polar surface area (TPSA) is 43.8 Å². The molecule has 1 amide bonds. The summed E-state index contributed by atoms with van der Waals surface area (Å²) in [6.45, 7) is 1.33. The van der Waals surface area contributed by atoms with Crippen LogP contribution in [0.4, 0.5) is 4.79 Å². The molecule has 1 heterocycles. The largest absolute Gasteiger partial charge is 0.465 e. The zero-order valence-electron chi connectivity index (χ0n) is 7.77. The smallest absolute Gasteiger partial charge is 0.407 e. The fourth-order valence-corrected chi connectivity index (χ4v) is 1.34. The highest BCUT2D eigenvalue weighted by Crippen LogP contribution is 2.12. The quantitative estimate of drug-likeness (QED) is 0.736. The van der Waals surface area contributed by atoms with Gasteiger partial charge < -0.3 is 14.9 Å². The molecule has 6 heteroatoms. The maximum Gasteiger partial charge on any atom is 0.407 e. The van der Waals surface area contributed by atoms with Crippen LogP contribution in [0.15, 0.2) is 0 Å². The minimum atomic E-state index is -0.797. The van der Waals surface area contributed by atoms with E-state index in [1.807, 2.05) is 14.1 Å². The van der Waals surface area contributed by atoms with Crippen LogP contribution in [0, 0.1) is 0 Å². The zero-order valence-corrected chi connectivity index (χ0v) is 9.40. The van der Waals surface area contributed by atoms with Gasteiger partial charge in [0, 0.05) is 19.1 Å². The second kappa shape index (κ2) is 6.29. The van der Waals surface area contributed by atoms with E-state index in [0.29, 0.717) is 19.1 Å². The molecule has 13 heavy (non-hydrogen) atoms. The first-order chi connectivity index (χ1) is 5.11. The van der Waals surface area contributed by atoms with E-state index in [4.69, 9.17) is 5.11 Å². The molecule has 0 bridgehead atoms. The Labute approximate surface area is 90.7 Å². The predicted octanol–water partition coefficient (Wildman–Crippen LogP) is 1.14. The van der Waals surface area contributed by atoms with Gasteiger partial charge in [0.2, 0.25) is 0 Å². The Morgan fingerprint density at radius 3 is 2.23 bits per heavy atom. The van der Waals surface area contributed by atoms with E-state index < -0.39 is 6.09 Å². The summed E-state index contributed by atoms with van der Waals surface area (Å²) >= 11 is 0. The lowest BCUT2D eigenvalue weighted by Gasteiger charge is -2.18. The Hall–Kier alpha value is -0.190. The molecule has 0 aromatic rings. The summed E-state index contributed by atoms with van der Waals surface area (Å²) in [5.74, 6) is 0.